The number of ether oxygens (including phenoxy) is 2. The summed E-state index contributed by atoms with van der Waals surface area (Å²) >= 11 is 0. The van der Waals surface area contributed by atoms with Gasteiger partial charge in [-0.25, -0.2) is 0 Å². The van der Waals surface area contributed by atoms with Gasteiger partial charge in [-0.2, -0.15) is 17.6 Å². The molecule has 0 radical (unpaired) electrons. The summed E-state index contributed by atoms with van der Waals surface area (Å²) in [5.41, 5.74) is 12.2. The summed E-state index contributed by atoms with van der Waals surface area (Å²) in [6, 6.07) is 11.9. The van der Waals surface area contributed by atoms with Gasteiger partial charge in [-0.1, -0.05) is 0 Å². The van der Waals surface area contributed by atoms with Crippen LogP contribution in [-0.2, 0) is 0 Å². The van der Waals surface area contributed by atoms with Gasteiger partial charge in [-0.15, -0.1) is 0 Å². The number of benzene rings is 2. The number of nitrogens with two attached hydrogens (primary N) is 2. The van der Waals surface area contributed by atoms with Gasteiger partial charge in [0.25, 0.3) is 0 Å². The van der Waals surface area contributed by atoms with Crippen LogP contribution in [0.4, 0.5) is 28.9 Å². The zero-order valence-corrected chi connectivity index (χ0v) is 19.1. The summed E-state index contributed by atoms with van der Waals surface area (Å²) < 4.78 is 68.7. The standard InChI is InChI=1S/C26H32F4N2O2/c27-25(28,33-23-13-9-21(31)10-14-23)19-5-1-17(2-6-19)18-3-7-20(8-4-18)26(29,30)34-24-15-11-22(32)12-16-24/h9-20H,1-8,31-32H2. The summed E-state index contributed by atoms with van der Waals surface area (Å²) in [6.45, 7) is 0. The van der Waals surface area contributed by atoms with E-state index in [2.05, 4.69) is 0 Å². The number of nitrogen functional groups attached to an aromatic ring is 2. The Morgan fingerprint density at radius 1 is 0.529 bits per heavy atom. The Morgan fingerprint density at radius 3 is 1.12 bits per heavy atom. The summed E-state index contributed by atoms with van der Waals surface area (Å²) in [5, 5.41) is 0. The van der Waals surface area contributed by atoms with Gasteiger partial charge >= 0.3 is 12.2 Å². The monoisotopic (exact) mass is 480 g/mol. The predicted molar refractivity (Wildman–Crippen MR) is 124 cm³/mol. The van der Waals surface area contributed by atoms with Crippen LogP contribution < -0.4 is 20.9 Å². The van der Waals surface area contributed by atoms with Gasteiger partial charge in [0, 0.05) is 11.4 Å². The summed E-state index contributed by atoms with van der Waals surface area (Å²) in [7, 11) is 0. The Balaban J connectivity index is 1.25. The second kappa shape index (κ2) is 9.92. The number of rotatable bonds is 7. The number of hydrogen-bond acceptors (Lipinski definition) is 4. The molecule has 34 heavy (non-hydrogen) atoms. The van der Waals surface area contributed by atoms with Gasteiger partial charge in [-0.05, 0) is 112 Å². The summed E-state index contributed by atoms with van der Waals surface area (Å²) in [5.74, 6) is -0.929. The fraction of sp³-hybridized carbons (Fsp3) is 0.538. The van der Waals surface area contributed by atoms with Crippen molar-refractivity contribution in [2.45, 2.75) is 63.6 Å². The minimum Gasteiger partial charge on any atom is -0.432 e. The SMILES string of the molecule is Nc1ccc(OC(F)(F)C2CCC(C3CCC(C(F)(F)Oc4ccc(N)cc4)CC3)CC2)cc1. The number of anilines is 2. The average Bonchev–Trinajstić information content (AvgIpc) is 2.82. The molecular weight excluding hydrogens is 448 g/mol. The predicted octanol–water partition coefficient (Wildman–Crippen LogP) is 7.11. The first-order chi connectivity index (χ1) is 16.1. The molecule has 2 saturated carbocycles. The van der Waals surface area contributed by atoms with E-state index in [0.29, 0.717) is 62.7 Å². The highest BCUT2D eigenvalue weighted by atomic mass is 19.3. The molecule has 8 heteroatoms. The van der Waals surface area contributed by atoms with Crippen molar-refractivity contribution in [2.75, 3.05) is 11.5 Å². The third-order valence-electron chi connectivity index (χ3n) is 7.43. The normalized spacial score (nSPS) is 26.1. The van der Waals surface area contributed by atoms with E-state index >= 15 is 0 Å². The molecule has 0 unspecified atom stereocenters. The largest absolute Gasteiger partial charge is 0.432 e. The van der Waals surface area contributed by atoms with Crippen LogP contribution in [0.5, 0.6) is 11.5 Å². The highest BCUT2D eigenvalue weighted by Crippen LogP contribution is 2.47. The zero-order chi connectivity index (χ0) is 24.3. The van der Waals surface area contributed by atoms with E-state index in [-0.39, 0.29) is 23.3 Å². The Bertz CT molecular complexity index is 843. The van der Waals surface area contributed by atoms with E-state index in [0.717, 1.165) is 0 Å². The van der Waals surface area contributed by atoms with Crippen LogP contribution in [0.1, 0.15) is 51.4 Å². The Kier molecular flexibility index (Phi) is 7.14. The minimum atomic E-state index is -3.25. The fourth-order valence-corrected chi connectivity index (χ4v) is 5.41. The van der Waals surface area contributed by atoms with Crippen LogP contribution in [0.2, 0.25) is 0 Å². The molecule has 0 amide bonds. The van der Waals surface area contributed by atoms with Crippen molar-refractivity contribution in [3.63, 3.8) is 0 Å². The smallest absolute Gasteiger partial charge is 0.400 e. The lowest BCUT2D eigenvalue weighted by Gasteiger charge is -2.40. The van der Waals surface area contributed by atoms with E-state index in [1.165, 1.54) is 48.5 Å². The van der Waals surface area contributed by atoms with Gasteiger partial charge < -0.3 is 20.9 Å². The summed E-state index contributed by atoms with van der Waals surface area (Å²) in [6.07, 6.45) is -2.38. The molecule has 0 bridgehead atoms. The third kappa shape index (κ3) is 5.88. The lowest BCUT2D eigenvalue weighted by atomic mass is 9.69. The highest BCUT2D eigenvalue weighted by molar-refractivity contribution is 5.42. The lowest BCUT2D eigenvalue weighted by Crippen LogP contribution is -2.40. The van der Waals surface area contributed by atoms with Gasteiger partial charge in [0.1, 0.15) is 11.5 Å². The first kappa shape index (κ1) is 24.5. The molecule has 4 N–H and O–H groups in total. The minimum absolute atomic E-state index is 0.0989. The van der Waals surface area contributed by atoms with Crippen molar-refractivity contribution in [1.29, 1.82) is 0 Å². The van der Waals surface area contributed by atoms with Gasteiger partial charge in [0.15, 0.2) is 0 Å². The molecule has 4 rings (SSSR count). The first-order valence-electron chi connectivity index (χ1n) is 12.0. The van der Waals surface area contributed by atoms with E-state index < -0.39 is 24.1 Å². The molecule has 2 fully saturated rings. The van der Waals surface area contributed by atoms with Crippen LogP contribution in [0.15, 0.2) is 48.5 Å². The van der Waals surface area contributed by atoms with Gasteiger partial charge in [0.2, 0.25) is 0 Å². The molecule has 0 aromatic heterocycles. The van der Waals surface area contributed by atoms with Gasteiger partial charge in [0.05, 0.1) is 11.8 Å². The molecular formula is C26H32F4N2O2. The Labute approximate surface area is 197 Å². The van der Waals surface area contributed by atoms with Crippen molar-refractivity contribution in [3.05, 3.63) is 48.5 Å². The summed E-state index contributed by atoms with van der Waals surface area (Å²) in [4.78, 5) is 0. The van der Waals surface area contributed by atoms with E-state index in [1.807, 2.05) is 0 Å². The fourth-order valence-electron chi connectivity index (χ4n) is 5.41. The molecule has 2 aromatic rings. The molecule has 2 aliphatic carbocycles. The lowest BCUT2D eigenvalue weighted by molar-refractivity contribution is -0.228. The van der Waals surface area contributed by atoms with Gasteiger partial charge in [-0.3, -0.25) is 0 Å². The highest BCUT2D eigenvalue weighted by Gasteiger charge is 2.47. The third-order valence-corrected chi connectivity index (χ3v) is 7.43. The molecule has 2 aliphatic rings. The molecule has 0 atom stereocenters. The van der Waals surface area contributed by atoms with Crippen LogP contribution in [0, 0.1) is 23.7 Å². The van der Waals surface area contributed by atoms with Crippen molar-refractivity contribution in [2.24, 2.45) is 23.7 Å². The second-order valence-corrected chi connectivity index (χ2v) is 9.69. The van der Waals surface area contributed by atoms with Crippen molar-refractivity contribution in [1.82, 2.24) is 0 Å². The van der Waals surface area contributed by atoms with Crippen LogP contribution in [-0.4, -0.2) is 12.2 Å². The maximum absolute atomic E-state index is 14.7. The molecule has 0 heterocycles. The number of hydrogen-bond donors (Lipinski definition) is 2. The Morgan fingerprint density at radius 2 is 0.824 bits per heavy atom. The molecule has 4 nitrogen and oxygen atoms in total. The van der Waals surface area contributed by atoms with E-state index in [4.69, 9.17) is 20.9 Å². The van der Waals surface area contributed by atoms with Crippen LogP contribution in [0.25, 0.3) is 0 Å². The van der Waals surface area contributed by atoms with E-state index in [1.54, 1.807) is 0 Å². The molecule has 186 valence electrons. The van der Waals surface area contributed by atoms with Crippen molar-refractivity contribution >= 4 is 11.4 Å². The average molecular weight is 481 g/mol. The van der Waals surface area contributed by atoms with Crippen LogP contribution in [0.3, 0.4) is 0 Å². The number of alkyl halides is 4. The molecule has 0 aliphatic heterocycles. The number of halogens is 4. The first-order valence-corrected chi connectivity index (χ1v) is 12.0. The topological polar surface area (TPSA) is 70.5 Å². The van der Waals surface area contributed by atoms with Crippen molar-refractivity contribution < 1.29 is 27.0 Å². The van der Waals surface area contributed by atoms with E-state index in [9.17, 15) is 17.6 Å². The molecule has 0 spiro atoms. The molecule has 0 saturated heterocycles. The molecule has 2 aromatic carbocycles. The Hall–Kier alpha value is -2.64. The quantitative estimate of drug-likeness (QED) is 0.327. The van der Waals surface area contributed by atoms with Crippen LogP contribution >= 0.6 is 0 Å². The second-order valence-electron chi connectivity index (χ2n) is 9.69. The van der Waals surface area contributed by atoms with Crippen molar-refractivity contribution in [3.8, 4) is 11.5 Å². The maximum Gasteiger partial charge on any atom is 0.400 e. The zero-order valence-electron chi connectivity index (χ0n) is 19.1. The maximum atomic E-state index is 14.7.